The third-order valence-electron chi connectivity index (χ3n) is 2.25. The van der Waals surface area contributed by atoms with Crippen LogP contribution in [0, 0.1) is 11.3 Å². The molecule has 1 saturated carbocycles. The molecule has 0 heterocycles. The van der Waals surface area contributed by atoms with Gasteiger partial charge in [-0.05, 0) is 17.8 Å². The van der Waals surface area contributed by atoms with Crippen molar-refractivity contribution in [2.45, 2.75) is 26.3 Å². The van der Waals surface area contributed by atoms with Gasteiger partial charge in [-0.2, -0.15) is 0 Å². The summed E-state index contributed by atoms with van der Waals surface area (Å²) in [6.45, 7) is 4.38. The van der Waals surface area contributed by atoms with E-state index < -0.39 is 0 Å². The third-order valence-corrected chi connectivity index (χ3v) is 2.25. The fraction of sp³-hybridized carbons (Fsp3) is 1.00. The minimum Gasteiger partial charge on any atom is -0.396 e. The fourth-order valence-corrected chi connectivity index (χ4v) is 1.23. The Balaban J connectivity index is 2.41. The van der Waals surface area contributed by atoms with Crippen LogP contribution in [0.25, 0.3) is 0 Å². The van der Waals surface area contributed by atoms with E-state index in [1.165, 1.54) is 0 Å². The molecule has 1 aliphatic carbocycles. The first-order valence-corrected chi connectivity index (χ1v) is 3.44. The molecule has 0 saturated heterocycles. The van der Waals surface area contributed by atoms with Crippen LogP contribution in [0.1, 0.15) is 20.3 Å². The highest BCUT2D eigenvalue weighted by Crippen LogP contribution is 2.43. The lowest BCUT2D eigenvalue weighted by molar-refractivity contribution is 0.136. The molecule has 54 valence electrons. The molecule has 0 aromatic rings. The summed E-state index contributed by atoms with van der Waals surface area (Å²) in [4.78, 5) is 0. The van der Waals surface area contributed by atoms with Gasteiger partial charge in [-0.25, -0.2) is 0 Å². The van der Waals surface area contributed by atoms with Crippen LogP contribution in [0.3, 0.4) is 0 Å². The summed E-state index contributed by atoms with van der Waals surface area (Å²) in [6.07, 6.45) is 1.09. The van der Waals surface area contributed by atoms with Gasteiger partial charge < -0.3 is 10.8 Å². The predicted molar refractivity (Wildman–Crippen MR) is 36.9 cm³/mol. The van der Waals surface area contributed by atoms with Gasteiger partial charge in [0.2, 0.25) is 0 Å². The van der Waals surface area contributed by atoms with Crippen LogP contribution >= 0.6 is 0 Å². The van der Waals surface area contributed by atoms with Crippen molar-refractivity contribution in [1.82, 2.24) is 0 Å². The molecule has 9 heavy (non-hydrogen) atoms. The van der Waals surface area contributed by atoms with Gasteiger partial charge in [0.1, 0.15) is 0 Å². The van der Waals surface area contributed by atoms with Crippen LogP contribution < -0.4 is 5.73 Å². The second-order valence-electron chi connectivity index (χ2n) is 3.65. The van der Waals surface area contributed by atoms with E-state index in [4.69, 9.17) is 10.8 Å². The minimum atomic E-state index is 0.0550. The van der Waals surface area contributed by atoms with Crippen molar-refractivity contribution in [1.29, 1.82) is 0 Å². The second-order valence-corrected chi connectivity index (χ2v) is 3.65. The minimum absolute atomic E-state index is 0.0550. The third kappa shape index (κ3) is 1.25. The van der Waals surface area contributed by atoms with Crippen molar-refractivity contribution in [3.8, 4) is 0 Å². The molecule has 0 radical (unpaired) electrons. The summed E-state index contributed by atoms with van der Waals surface area (Å²) in [7, 11) is 0. The van der Waals surface area contributed by atoms with Crippen LogP contribution in [0.5, 0.6) is 0 Å². The summed E-state index contributed by atoms with van der Waals surface area (Å²) in [5.74, 6) is 0.558. The number of rotatable bonds is 2. The molecule has 0 unspecified atom stereocenters. The van der Waals surface area contributed by atoms with Crippen LogP contribution in [-0.4, -0.2) is 17.8 Å². The lowest BCUT2D eigenvalue weighted by atomic mass is 9.88. The molecule has 2 atom stereocenters. The van der Waals surface area contributed by atoms with E-state index in [-0.39, 0.29) is 12.0 Å². The first-order chi connectivity index (χ1) is 4.08. The highest BCUT2D eigenvalue weighted by Gasteiger charge is 2.44. The zero-order chi connectivity index (χ0) is 7.07. The standard InChI is InChI=1S/C7H15NO/c1-7(2,4-9)5-3-6(5)8/h5-6,9H,3-4,8H2,1-2H3/t5-,6-/m1/s1. The van der Waals surface area contributed by atoms with Gasteiger partial charge >= 0.3 is 0 Å². The Kier molecular flexibility index (Phi) is 1.53. The van der Waals surface area contributed by atoms with E-state index >= 15 is 0 Å². The Hall–Kier alpha value is -0.0800. The van der Waals surface area contributed by atoms with Gasteiger partial charge in [-0.3, -0.25) is 0 Å². The van der Waals surface area contributed by atoms with E-state index in [0.717, 1.165) is 6.42 Å². The SMILES string of the molecule is CC(C)(CO)[C@@H]1C[C@H]1N. The zero-order valence-corrected chi connectivity index (χ0v) is 6.09. The molecule has 0 aromatic heterocycles. The molecule has 0 aromatic carbocycles. The topological polar surface area (TPSA) is 46.2 Å². The van der Waals surface area contributed by atoms with Crippen LogP contribution in [0.4, 0.5) is 0 Å². The molecule has 0 aliphatic heterocycles. The van der Waals surface area contributed by atoms with Gasteiger partial charge in [0.15, 0.2) is 0 Å². The van der Waals surface area contributed by atoms with Gasteiger partial charge in [-0.15, -0.1) is 0 Å². The maximum atomic E-state index is 8.87. The van der Waals surface area contributed by atoms with E-state index in [0.29, 0.717) is 12.0 Å². The lowest BCUT2D eigenvalue weighted by Crippen LogP contribution is -2.23. The Morgan fingerprint density at radius 1 is 1.67 bits per heavy atom. The van der Waals surface area contributed by atoms with Crippen LogP contribution in [0.15, 0.2) is 0 Å². The maximum absolute atomic E-state index is 8.87. The van der Waals surface area contributed by atoms with Crippen molar-refractivity contribution in [3.63, 3.8) is 0 Å². The van der Waals surface area contributed by atoms with E-state index in [1.807, 2.05) is 0 Å². The normalized spacial score (nSPS) is 34.7. The van der Waals surface area contributed by atoms with Gasteiger partial charge in [-0.1, -0.05) is 13.8 Å². The van der Waals surface area contributed by atoms with Crippen LogP contribution in [-0.2, 0) is 0 Å². The molecular formula is C7H15NO. The summed E-state index contributed by atoms with van der Waals surface area (Å²) in [5, 5.41) is 8.87. The Labute approximate surface area is 56.1 Å². The summed E-state index contributed by atoms with van der Waals surface area (Å²) < 4.78 is 0. The molecule has 0 amide bonds. The Morgan fingerprint density at radius 3 is 2.22 bits per heavy atom. The summed E-state index contributed by atoms with van der Waals surface area (Å²) in [5.41, 5.74) is 5.67. The average Bonchev–Trinajstić information content (AvgIpc) is 2.47. The van der Waals surface area contributed by atoms with Gasteiger partial charge in [0, 0.05) is 12.6 Å². The Morgan fingerprint density at radius 2 is 2.11 bits per heavy atom. The van der Waals surface area contributed by atoms with Crippen molar-refractivity contribution in [2.24, 2.45) is 17.1 Å². The molecule has 2 nitrogen and oxygen atoms in total. The van der Waals surface area contributed by atoms with Crippen LogP contribution in [0.2, 0.25) is 0 Å². The molecule has 2 heteroatoms. The molecular weight excluding hydrogens is 114 g/mol. The van der Waals surface area contributed by atoms with E-state index in [2.05, 4.69) is 13.8 Å². The first-order valence-electron chi connectivity index (χ1n) is 3.44. The smallest absolute Gasteiger partial charge is 0.0485 e. The highest BCUT2D eigenvalue weighted by atomic mass is 16.3. The highest BCUT2D eigenvalue weighted by molar-refractivity contribution is 4.98. The van der Waals surface area contributed by atoms with Crippen molar-refractivity contribution in [3.05, 3.63) is 0 Å². The summed E-state index contributed by atoms with van der Waals surface area (Å²) >= 11 is 0. The largest absolute Gasteiger partial charge is 0.396 e. The van der Waals surface area contributed by atoms with Crippen molar-refractivity contribution in [2.75, 3.05) is 6.61 Å². The fourth-order valence-electron chi connectivity index (χ4n) is 1.23. The van der Waals surface area contributed by atoms with Gasteiger partial charge in [0.05, 0.1) is 0 Å². The monoisotopic (exact) mass is 129 g/mol. The molecule has 1 fully saturated rings. The molecule has 0 bridgehead atoms. The zero-order valence-electron chi connectivity index (χ0n) is 6.09. The van der Waals surface area contributed by atoms with Gasteiger partial charge in [0.25, 0.3) is 0 Å². The number of nitrogens with two attached hydrogens (primary N) is 1. The first kappa shape index (κ1) is 7.03. The van der Waals surface area contributed by atoms with Crippen molar-refractivity contribution >= 4 is 0 Å². The van der Waals surface area contributed by atoms with E-state index in [9.17, 15) is 0 Å². The quantitative estimate of drug-likeness (QED) is 0.565. The molecule has 1 rings (SSSR count). The molecule has 1 aliphatic rings. The average molecular weight is 129 g/mol. The molecule has 0 spiro atoms. The lowest BCUT2D eigenvalue weighted by Gasteiger charge is -2.20. The number of aliphatic hydroxyl groups excluding tert-OH is 1. The predicted octanol–water partition coefficient (Wildman–Crippen LogP) is 0.352. The Bertz CT molecular complexity index is 111. The maximum Gasteiger partial charge on any atom is 0.0485 e. The number of aliphatic hydroxyl groups is 1. The number of hydrogen-bond donors (Lipinski definition) is 2. The summed E-state index contributed by atoms with van der Waals surface area (Å²) in [6, 6.07) is 0.354. The molecule has 3 N–H and O–H groups in total. The van der Waals surface area contributed by atoms with E-state index in [1.54, 1.807) is 0 Å². The second kappa shape index (κ2) is 1.96. The van der Waals surface area contributed by atoms with Crippen molar-refractivity contribution < 1.29 is 5.11 Å². The number of hydrogen-bond acceptors (Lipinski definition) is 2.